The fourth-order valence-electron chi connectivity index (χ4n) is 3.36. The molecule has 7 heteroatoms. The summed E-state index contributed by atoms with van der Waals surface area (Å²) in [5, 5.41) is 4.25. The molecule has 1 aliphatic rings. The van der Waals surface area contributed by atoms with Crippen molar-refractivity contribution in [2.45, 2.75) is 32.5 Å². The summed E-state index contributed by atoms with van der Waals surface area (Å²) in [7, 11) is 1.93. The van der Waals surface area contributed by atoms with Crippen LogP contribution in [0.5, 0.6) is 0 Å². The van der Waals surface area contributed by atoms with Crippen LogP contribution in [-0.2, 0) is 18.4 Å². The highest BCUT2D eigenvalue weighted by Gasteiger charge is 2.22. The minimum Gasteiger partial charge on any atom is -0.372 e. The zero-order valence-electron chi connectivity index (χ0n) is 15.7. The molecule has 0 spiro atoms. The number of ether oxygens (including phenoxy) is 1. The number of pyridine rings is 1. The summed E-state index contributed by atoms with van der Waals surface area (Å²) in [4.78, 5) is 15.9. The number of nitrogens with zero attached hydrogens (tertiary/aromatic N) is 6. The number of hydrogen-bond donors (Lipinski definition) is 0. The van der Waals surface area contributed by atoms with E-state index in [1.807, 2.05) is 49.1 Å². The molecule has 0 radical (unpaired) electrons. The lowest BCUT2D eigenvalue weighted by Crippen LogP contribution is -2.38. The van der Waals surface area contributed by atoms with Crippen molar-refractivity contribution in [1.29, 1.82) is 0 Å². The largest absolute Gasteiger partial charge is 0.372 e. The SMILES string of the molecule is Cc1cnc(N2CCC(OCc3ccccn3)CC2)nc1-c1ccnn1C. The molecule has 1 aliphatic heterocycles. The Labute approximate surface area is 159 Å². The lowest BCUT2D eigenvalue weighted by atomic mass is 10.1. The highest BCUT2D eigenvalue weighted by atomic mass is 16.5. The number of aromatic nitrogens is 5. The van der Waals surface area contributed by atoms with E-state index in [0.29, 0.717) is 6.61 Å². The molecule has 0 unspecified atom stereocenters. The molecule has 3 aromatic rings. The quantitative estimate of drug-likeness (QED) is 0.693. The molecule has 0 saturated carbocycles. The van der Waals surface area contributed by atoms with Crippen LogP contribution in [0.1, 0.15) is 24.1 Å². The number of rotatable bonds is 5. The number of anilines is 1. The van der Waals surface area contributed by atoms with Crippen LogP contribution in [0.3, 0.4) is 0 Å². The Balaban J connectivity index is 1.39. The number of piperidine rings is 1. The van der Waals surface area contributed by atoms with Gasteiger partial charge in [-0.1, -0.05) is 6.07 Å². The Morgan fingerprint density at radius 2 is 1.96 bits per heavy atom. The molecular formula is C20H24N6O. The van der Waals surface area contributed by atoms with Crippen molar-refractivity contribution >= 4 is 5.95 Å². The summed E-state index contributed by atoms with van der Waals surface area (Å²) >= 11 is 0. The molecule has 1 fully saturated rings. The minimum absolute atomic E-state index is 0.255. The van der Waals surface area contributed by atoms with Crippen LogP contribution in [0.15, 0.2) is 42.9 Å². The molecule has 7 nitrogen and oxygen atoms in total. The molecule has 0 amide bonds. The maximum Gasteiger partial charge on any atom is 0.225 e. The highest BCUT2D eigenvalue weighted by Crippen LogP contribution is 2.24. The lowest BCUT2D eigenvalue weighted by Gasteiger charge is -2.32. The van der Waals surface area contributed by atoms with Gasteiger partial charge in [-0.3, -0.25) is 9.67 Å². The topological polar surface area (TPSA) is 69.0 Å². The second-order valence-corrected chi connectivity index (χ2v) is 6.86. The van der Waals surface area contributed by atoms with Gasteiger partial charge in [-0.2, -0.15) is 5.10 Å². The normalized spacial score (nSPS) is 15.3. The standard InChI is InChI=1S/C20H24N6O/c1-15-13-22-20(24-19(15)18-6-10-23-25(18)2)26-11-7-17(8-12-26)27-14-16-5-3-4-9-21-16/h3-6,9-10,13,17H,7-8,11-12,14H2,1-2H3. The summed E-state index contributed by atoms with van der Waals surface area (Å²) in [6.07, 6.45) is 7.67. The molecule has 0 N–H and O–H groups in total. The van der Waals surface area contributed by atoms with E-state index >= 15 is 0 Å². The van der Waals surface area contributed by atoms with E-state index < -0.39 is 0 Å². The van der Waals surface area contributed by atoms with Crippen molar-refractivity contribution in [1.82, 2.24) is 24.7 Å². The summed E-state index contributed by atoms with van der Waals surface area (Å²) in [5.74, 6) is 0.778. The predicted octanol–water partition coefficient (Wildman–Crippen LogP) is 2.77. The van der Waals surface area contributed by atoms with E-state index in [1.165, 1.54) is 0 Å². The van der Waals surface area contributed by atoms with Gasteiger partial charge in [0.25, 0.3) is 0 Å². The van der Waals surface area contributed by atoms with Gasteiger partial charge in [0.1, 0.15) is 0 Å². The van der Waals surface area contributed by atoms with Gasteiger partial charge in [-0.05, 0) is 43.5 Å². The van der Waals surface area contributed by atoms with E-state index in [9.17, 15) is 0 Å². The van der Waals surface area contributed by atoms with Gasteiger partial charge < -0.3 is 9.64 Å². The molecule has 0 aliphatic carbocycles. The Kier molecular flexibility index (Phi) is 5.11. The van der Waals surface area contributed by atoms with Crippen molar-refractivity contribution < 1.29 is 4.74 Å². The minimum atomic E-state index is 0.255. The lowest BCUT2D eigenvalue weighted by molar-refractivity contribution is 0.0233. The van der Waals surface area contributed by atoms with Crippen LogP contribution in [0.25, 0.3) is 11.4 Å². The second kappa shape index (κ2) is 7.84. The van der Waals surface area contributed by atoms with Gasteiger partial charge in [0.2, 0.25) is 5.95 Å². The van der Waals surface area contributed by atoms with Crippen molar-refractivity contribution in [2.24, 2.45) is 7.05 Å². The van der Waals surface area contributed by atoms with E-state index in [2.05, 4.69) is 20.0 Å². The smallest absolute Gasteiger partial charge is 0.225 e. The molecule has 4 rings (SSSR count). The van der Waals surface area contributed by atoms with E-state index in [4.69, 9.17) is 9.72 Å². The van der Waals surface area contributed by atoms with Crippen molar-refractivity contribution in [3.05, 3.63) is 54.1 Å². The zero-order chi connectivity index (χ0) is 18.6. The number of hydrogen-bond acceptors (Lipinski definition) is 6. The maximum absolute atomic E-state index is 6.03. The average molecular weight is 364 g/mol. The van der Waals surface area contributed by atoms with Gasteiger partial charge >= 0.3 is 0 Å². The molecule has 27 heavy (non-hydrogen) atoms. The summed E-state index contributed by atoms with van der Waals surface area (Å²) in [6, 6.07) is 7.89. The first-order valence-corrected chi connectivity index (χ1v) is 9.29. The summed E-state index contributed by atoms with van der Waals surface area (Å²) in [5.41, 5.74) is 3.97. The van der Waals surface area contributed by atoms with Crippen molar-refractivity contribution in [3.8, 4) is 11.4 Å². The Morgan fingerprint density at radius 1 is 1.11 bits per heavy atom. The molecule has 3 aromatic heterocycles. The Bertz CT molecular complexity index is 886. The van der Waals surface area contributed by atoms with Crippen LogP contribution in [0, 0.1) is 6.92 Å². The fraction of sp³-hybridized carbons (Fsp3) is 0.400. The monoisotopic (exact) mass is 364 g/mol. The van der Waals surface area contributed by atoms with Crippen LogP contribution in [-0.4, -0.2) is 43.9 Å². The van der Waals surface area contributed by atoms with E-state index in [1.54, 1.807) is 12.4 Å². The summed E-state index contributed by atoms with van der Waals surface area (Å²) < 4.78 is 7.87. The van der Waals surface area contributed by atoms with Crippen LogP contribution in [0.4, 0.5) is 5.95 Å². The highest BCUT2D eigenvalue weighted by molar-refractivity contribution is 5.60. The fourth-order valence-corrected chi connectivity index (χ4v) is 3.36. The molecule has 1 saturated heterocycles. The molecule has 4 heterocycles. The summed E-state index contributed by atoms with van der Waals surface area (Å²) in [6.45, 7) is 4.38. The van der Waals surface area contributed by atoms with Crippen molar-refractivity contribution in [3.63, 3.8) is 0 Å². The first-order valence-electron chi connectivity index (χ1n) is 9.29. The van der Waals surface area contributed by atoms with Crippen LogP contribution < -0.4 is 4.90 Å². The van der Waals surface area contributed by atoms with Gasteiger partial charge in [0.05, 0.1) is 29.8 Å². The zero-order valence-corrected chi connectivity index (χ0v) is 15.7. The molecular weight excluding hydrogens is 340 g/mol. The van der Waals surface area contributed by atoms with Gasteiger partial charge in [0, 0.05) is 38.7 Å². The Morgan fingerprint density at radius 3 is 2.67 bits per heavy atom. The maximum atomic E-state index is 6.03. The van der Waals surface area contributed by atoms with Gasteiger partial charge in [-0.25, -0.2) is 9.97 Å². The molecule has 140 valence electrons. The third-order valence-electron chi connectivity index (χ3n) is 4.94. The first kappa shape index (κ1) is 17.6. The third-order valence-corrected chi connectivity index (χ3v) is 4.94. The first-order chi connectivity index (χ1) is 13.2. The van der Waals surface area contributed by atoms with Crippen LogP contribution >= 0.6 is 0 Å². The molecule has 0 aromatic carbocycles. The van der Waals surface area contributed by atoms with E-state index in [-0.39, 0.29) is 6.10 Å². The van der Waals surface area contributed by atoms with Gasteiger partial charge in [-0.15, -0.1) is 0 Å². The van der Waals surface area contributed by atoms with Gasteiger partial charge in [0.15, 0.2) is 0 Å². The number of aryl methyl sites for hydroxylation is 2. The molecule has 0 atom stereocenters. The van der Waals surface area contributed by atoms with E-state index in [0.717, 1.165) is 54.5 Å². The van der Waals surface area contributed by atoms with Crippen LogP contribution in [0.2, 0.25) is 0 Å². The Hall–Kier alpha value is -2.80. The van der Waals surface area contributed by atoms with Crippen molar-refractivity contribution in [2.75, 3.05) is 18.0 Å². The molecule has 0 bridgehead atoms. The third kappa shape index (κ3) is 3.98. The second-order valence-electron chi connectivity index (χ2n) is 6.86. The predicted molar refractivity (Wildman–Crippen MR) is 103 cm³/mol. The average Bonchev–Trinajstić information content (AvgIpc) is 3.14.